The first kappa shape index (κ1) is 27.2. The van der Waals surface area contributed by atoms with Gasteiger partial charge >= 0.3 is 0 Å². The summed E-state index contributed by atoms with van der Waals surface area (Å²) in [6, 6.07) is 22.1. The van der Waals surface area contributed by atoms with Gasteiger partial charge in [-0.25, -0.2) is 0 Å². The molecular formula is C31H35ClO5. The number of halogens is 1. The van der Waals surface area contributed by atoms with Gasteiger partial charge in [-0.15, -0.1) is 0 Å². The fourth-order valence-electron chi connectivity index (χ4n) is 4.58. The van der Waals surface area contributed by atoms with Gasteiger partial charge in [-0.2, -0.15) is 0 Å². The summed E-state index contributed by atoms with van der Waals surface area (Å²) in [5, 5.41) is 10.6. The molecule has 0 spiro atoms. The average molecular weight is 523 g/mol. The van der Waals surface area contributed by atoms with Crippen LogP contribution in [-0.4, -0.2) is 37.1 Å². The Morgan fingerprint density at radius 3 is 2.51 bits per heavy atom. The Balaban J connectivity index is 1.57. The van der Waals surface area contributed by atoms with Crippen molar-refractivity contribution in [2.45, 2.75) is 51.1 Å². The number of aliphatic hydroxyl groups excluding tert-OH is 1. The van der Waals surface area contributed by atoms with E-state index >= 15 is 0 Å². The van der Waals surface area contributed by atoms with Gasteiger partial charge in [0.25, 0.3) is 0 Å². The molecule has 1 fully saturated rings. The number of hydrogen-bond acceptors (Lipinski definition) is 5. The molecular weight excluding hydrogens is 488 g/mol. The van der Waals surface area contributed by atoms with Gasteiger partial charge in [0.2, 0.25) is 0 Å². The first-order valence-corrected chi connectivity index (χ1v) is 13.2. The maximum Gasteiger partial charge on any atom is 0.127 e. The summed E-state index contributed by atoms with van der Waals surface area (Å²) in [6.07, 6.45) is 2.96. The van der Waals surface area contributed by atoms with Gasteiger partial charge in [0.1, 0.15) is 18.1 Å². The van der Waals surface area contributed by atoms with E-state index in [1.807, 2.05) is 55.5 Å². The monoisotopic (exact) mass is 522 g/mol. The smallest absolute Gasteiger partial charge is 0.127 e. The number of rotatable bonds is 12. The molecule has 1 heterocycles. The second kappa shape index (κ2) is 13.6. The molecule has 0 aromatic heterocycles. The van der Waals surface area contributed by atoms with Crippen LogP contribution in [0.15, 0.2) is 79.4 Å². The molecule has 5 nitrogen and oxygen atoms in total. The predicted octanol–water partition coefficient (Wildman–Crippen LogP) is 6.69. The fraction of sp³-hybridized carbons (Fsp3) is 0.355. The van der Waals surface area contributed by atoms with E-state index in [1.165, 1.54) is 0 Å². The first-order chi connectivity index (χ1) is 18.1. The van der Waals surface area contributed by atoms with Crippen LogP contribution in [0.3, 0.4) is 0 Å². The minimum atomic E-state index is -0.322. The van der Waals surface area contributed by atoms with Crippen LogP contribution < -0.4 is 9.47 Å². The number of aliphatic hydroxyl groups is 1. The second-order valence-corrected chi connectivity index (χ2v) is 9.56. The van der Waals surface area contributed by atoms with Gasteiger partial charge < -0.3 is 24.1 Å². The zero-order chi connectivity index (χ0) is 26.0. The van der Waals surface area contributed by atoms with E-state index in [1.54, 1.807) is 6.08 Å². The zero-order valence-electron chi connectivity index (χ0n) is 21.3. The molecule has 1 N–H and O–H groups in total. The molecule has 1 aliphatic heterocycles. The Labute approximate surface area is 224 Å². The molecule has 0 aliphatic carbocycles. The highest BCUT2D eigenvalue weighted by atomic mass is 35.5. The van der Waals surface area contributed by atoms with Crippen molar-refractivity contribution in [1.29, 1.82) is 0 Å². The number of hydrogen-bond donors (Lipinski definition) is 1. The Morgan fingerprint density at radius 2 is 1.81 bits per heavy atom. The van der Waals surface area contributed by atoms with Gasteiger partial charge in [-0.05, 0) is 54.3 Å². The summed E-state index contributed by atoms with van der Waals surface area (Å²) >= 11 is 6.72. The van der Waals surface area contributed by atoms with Crippen LogP contribution in [0.25, 0.3) is 0 Å². The minimum Gasteiger partial charge on any atom is -0.494 e. The summed E-state index contributed by atoms with van der Waals surface area (Å²) in [7, 11) is 0. The molecule has 3 unspecified atom stereocenters. The van der Waals surface area contributed by atoms with Gasteiger partial charge in [-0.1, -0.05) is 66.7 Å². The van der Waals surface area contributed by atoms with E-state index in [0.29, 0.717) is 49.9 Å². The van der Waals surface area contributed by atoms with Crippen LogP contribution in [0, 0.1) is 0 Å². The van der Waals surface area contributed by atoms with E-state index in [0.717, 1.165) is 28.0 Å². The van der Waals surface area contributed by atoms with Gasteiger partial charge in [0.05, 0.1) is 38.1 Å². The molecule has 0 amide bonds. The highest BCUT2D eigenvalue weighted by Gasteiger charge is 2.33. The molecule has 1 aliphatic rings. The molecule has 0 saturated carbocycles. The standard InChI is InChI=1S/C31H35ClO5/c1-3-14-35-30-19-29(32)24(15-22-10-12-25(13-11-22)34-4-2)16-28(30)31-18-26(17-27(20-33)37-31)36-21-23-8-6-5-7-9-23/h3,5-13,16,19,26-27,31,33H,1,4,14-15,17-18,20-21H2,2H3. The SMILES string of the molecule is C=CCOc1cc(Cl)c(Cc2ccc(OCC)cc2)cc1C1CC(OCc2ccccc2)CC(CO)O1. The predicted molar refractivity (Wildman–Crippen MR) is 147 cm³/mol. The first-order valence-electron chi connectivity index (χ1n) is 12.8. The summed E-state index contributed by atoms with van der Waals surface area (Å²) in [5.74, 6) is 1.50. The highest BCUT2D eigenvalue weighted by Crippen LogP contribution is 2.40. The molecule has 4 rings (SSSR count). The van der Waals surface area contributed by atoms with Crippen LogP contribution in [0.1, 0.15) is 48.1 Å². The lowest BCUT2D eigenvalue weighted by Gasteiger charge is -2.35. The zero-order valence-corrected chi connectivity index (χ0v) is 22.0. The second-order valence-electron chi connectivity index (χ2n) is 9.15. The Bertz CT molecular complexity index is 1130. The van der Waals surface area contributed by atoms with E-state index in [9.17, 15) is 5.11 Å². The number of benzene rings is 3. The average Bonchev–Trinajstić information content (AvgIpc) is 2.93. The molecule has 3 atom stereocenters. The van der Waals surface area contributed by atoms with Crippen LogP contribution >= 0.6 is 11.6 Å². The maximum absolute atomic E-state index is 9.97. The van der Waals surface area contributed by atoms with Gasteiger partial charge in [-0.3, -0.25) is 0 Å². The Hall–Kier alpha value is -2.83. The van der Waals surface area contributed by atoms with Crippen LogP contribution in [0.4, 0.5) is 0 Å². The third kappa shape index (κ3) is 7.59. The molecule has 0 radical (unpaired) electrons. The maximum atomic E-state index is 9.97. The Morgan fingerprint density at radius 1 is 1.03 bits per heavy atom. The highest BCUT2D eigenvalue weighted by molar-refractivity contribution is 6.31. The molecule has 3 aromatic carbocycles. The lowest BCUT2D eigenvalue weighted by atomic mass is 9.93. The minimum absolute atomic E-state index is 0.0615. The molecule has 196 valence electrons. The normalized spacial score (nSPS) is 19.4. The lowest BCUT2D eigenvalue weighted by Crippen LogP contribution is -2.35. The van der Waals surface area contributed by atoms with Crippen molar-refractivity contribution in [3.8, 4) is 11.5 Å². The number of ether oxygens (including phenoxy) is 4. The lowest BCUT2D eigenvalue weighted by molar-refractivity contribution is -0.133. The van der Waals surface area contributed by atoms with Crippen LogP contribution in [0.5, 0.6) is 11.5 Å². The topological polar surface area (TPSA) is 57.2 Å². The Kier molecular flexibility index (Phi) is 10.0. The van der Waals surface area contributed by atoms with E-state index in [-0.39, 0.29) is 24.9 Å². The van der Waals surface area contributed by atoms with Crippen molar-refractivity contribution in [2.75, 3.05) is 19.8 Å². The van der Waals surface area contributed by atoms with Crippen molar-refractivity contribution < 1.29 is 24.1 Å². The largest absolute Gasteiger partial charge is 0.494 e. The fourth-order valence-corrected chi connectivity index (χ4v) is 4.80. The third-order valence-electron chi connectivity index (χ3n) is 6.40. The molecule has 1 saturated heterocycles. The van der Waals surface area contributed by atoms with E-state index in [4.69, 9.17) is 30.5 Å². The van der Waals surface area contributed by atoms with E-state index in [2.05, 4.69) is 24.8 Å². The van der Waals surface area contributed by atoms with Crippen molar-refractivity contribution >= 4 is 11.6 Å². The quantitative estimate of drug-likeness (QED) is 0.268. The molecule has 3 aromatic rings. The van der Waals surface area contributed by atoms with E-state index < -0.39 is 0 Å². The summed E-state index contributed by atoms with van der Waals surface area (Å²) in [4.78, 5) is 0. The van der Waals surface area contributed by atoms with Crippen molar-refractivity contribution in [1.82, 2.24) is 0 Å². The van der Waals surface area contributed by atoms with Crippen LogP contribution in [-0.2, 0) is 22.5 Å². The molecule has 37 heavy (non-hydrogen) atoms. The van der Waals surface area contributed by atoms with Gasteiger partial charge in [0.15, 0.2) is 0 Å². The van der Waals surface area contributed by atoms with Crippen LogP contribution in [0.2, 0.25) is 5.02 Å². The van der Waals surface area contributed by atoms with Gasteiger partial charge in [0, 0.05) is 23.4 Å². The van der Waals surface area contributed by atoms with Crippen molar-refractivity contribution in [3.05, 3.63) is 107 Å². The van der Waals surface area contributed by atoms with Crippen molar-refractivity contribution in [3.63, 3.8) is 0 Å². The summed E-state index contributed by atoms with van der Waals surface area (Å²) in [6.45, 7) is 7.17. The summed E-state index contributed by atoms with van der Waals surface area (Å²) in [5.41, 5.74) is 4.12. The van der Waals surface area contributed by atoms with Crippen molar-refractivity contribution in [2.24, 2.45) is 0 Å². The third-order valence-corrected chi connectivity index (χ3v) is 6.75. The molecule has 6 heteroatoms. The molecule has 0 bridgehead atoms. The summed E-state index contributed by atoms with van der Waals surface area (Å²) < 4.78 is 24.2.